The van der Waals surface area contributed by atoms with Gasteiger partial charge >= 0.3 is 0 Å². The van der Waals surface area contributed by atoms with Crippen molar-refractivity contribution in [2.75, 3.05) is 0 Å². The Morgan fingerprint density at radius 3 is 2.62 bits per heavy atom. The number of aromatic nitrogens is 2. The number of nitrogens with one attached hydrogen (secondary N) is 1. The summed E-state index contributed by atoms with van der Waals surface area (Å²) in [5.74, 6) is -0.622. The zero-order valence-electron chi connectivity index (χ0n) is 9.58. The molecule has 16 heavy (non-hydrogen) atoms. The maximum atomic E-state index is 13.4. The fraction of sp³-hybridized carbons (Fsp3) is 0.273. The molecule has 0 aromatic carbocycles. The van der Waals surface area contributed by atoms with E-state index >= 15 is 0 Å². The predicted octanol–water partition coefficient (Wildman–Crippen LogP) is 2.09. The Morgan fingerprint density at radius 1 is 1.44 bits per heavy atom. The second-order valence-electron chi connectivity index (χ2n) is 3.10. The molecule has 2 aromatic heterocycles. The molecule has 3 N–H and O–H groups in total. The summed E-state index contributed by atoms with van der Waals surface area (Å²) in [6.45, 7) is 5.78. The second kappa shape index (κ2) is 4.74. The average molecular weight is 222 g/mol. The molecule has 0 aliphatic carbocycles. The first-order valence-corrected chi connectivity index (χ1v) is 5.07. The van der Waals surface area contributed by atoms with Crippen molar-refractivity contribution in [2.24, 2.45) is 5.73 Å². The van der Waals surface area contributed by atoms with E-state index in [1.165, 1.54) is 10.5 Å². The summed E-state index contributed by atoms with van der Waals surface area (Å²) in [4.78, 5) is 3.99. The zero-order valence-corrected chi connectivity index (χ0v) is 9.58. The van der Waals surface area contributed by atoms with E-state index in [4.69, 9.17) is 11.1 Å². The van der Waals surface area contributed by atoms with Crippen molar-refractivity contribution in [3.8, 4) is 0 Å². The van der Waals surface area contributed by atoms with Gasteiger partial charge < -0.3 is 10.1 Å². The van der Waals surface area contributed by atoms with Crippen molar-refractivity contribution in [3.63, 3.8) is 0 Å². The van der Waals surface area contributed by atoms with Crippen molar-refractivity contribution in [2.45, 2.75) is 20.8 Å². The third-order valence-electron chi connectivity index (χ3n) is 1.94. The Hall–Kier alpha value is -1.91. The number of rotatable bonds is 1. The molecule has 2 aromatic rings. The lowest BCUT2D eigenvalue weighted by molar-refractivity contribution is 0.629. The summed E-state index contributed by atoms with van der Waals surface area (Å²) in [5, 5.41) is 7.19. The molecule has 0 aliphatic rings. The minimum absolute atomic E-state index is 0.155. The molecular formula is C11H15FN4. The molecule has 0 bridgehead atoms. The normalized spacial score (nSPS) is 9.75. The van der Waals surface area contributed by atoms with Crippen LogP contribution in [0.1, 0.15) is 25.1 Å². The molecule has 5 heteroatoms. The Balaban J connectivity index is 0.000000606. The first kappa shape index (κ1) is 12.2. The number of aryl methyl sites for hydroxylation is 1. The lowest BCUT2D eigenvalue weighted by Crippen LogP contribution is -2.12. The van der Waals surface area contributed by atoms with Crippen LogP contribution < -0.4 is 5.73 Å². The van der Waals surface area contributed by atoms with Crippen molar-refractivity contribution < 1.29 is 4.39 Å². The van der Waals surface area contributed by atoms with E-state index in [-0.39, 0.29) is 11.5 Å². The van der Waals surface area contributed by atoms with Gasteiger partial charge in [0.1, 0.15) is 5.84 Å². The molecule has 0 amide bonds. The molecule has 86 valence electrons. The highest BCUT2D eigenvalue weighted by atomic mass is 19.1. The zero-order chi connectivity index (χ0) is 12.3. The van der Waals surface area contributed by atoms with Gasteiger partial charge in [-0.25, -0.2) is 9.37 Å². The Kier molecular flexibility index (Phi) is 3.60. The molecule has 0 atom stereocenters. The van der Waals surface area contributed by atoms with Gasteiger partial charge in [-0.15, -0.1) is 0 Å². The highest BCUT2D eigenvalue weighted by Crippen LogP contribution is 2.11. The standard InChI is InChI=1S/C9H9FN4.C2H6/c1-5-3-14-4-6(8(11)12)2-7(10)9(14)13-5;1-2/h2-4H,1H3,(H3,11,12);1-2H3. The summed E-state index contributed by atoms with van der Waals surface area (Å²) >= 11 is 0. The van der Waals surface area contributed by atoms with Crippen molar-refractivity contribution in [1.82, 2.24) is 9.38 Å². The number of pyridine rings is 1. The number of halogens is 1. The van der Waals surface area contributed by atoms with Gasteiger partial charge in [0, 0.05) is 18.0 Å². The molecule has 2 heterocycles. The van der Waals surface area contributed by atoms with Crippen LogP contribution in [0.5, 0.6) is 0 Å². The second-order valence-corrected chi connectivity index (χ2v) is 3.10. The molecule has 0 saturated carbocycles. The van der Waals surface area contributed by atoms with Crippen molar-refractivity contribution in [1.29, 1.82) is 5.41 Å². The number of nitrogen functional groups attached to an aromatic ring is 1. The molecule has 0 saturated heterocycles. The summed E-state index contributed by atoms with van der Waals surface area (Å²) in [6.07, 6.45) is 3.27. The summed E-state index contributed by atoms with van der Waals surface area (Å²) in [5.41, 5.74) is 6.60. The lowest BCUT2D eigenvalue weighted by Gasteiger charge is -2.00. The fourth-order valence-electron chi connectivity index (χ4n) is 1.33. The van der Waals surface area contributed by atoms with Crippen LogP contribution in [0.2, 0.25) is 0 Å². The Bertz CT molecular complexity index is 516. The van der Waals surface area contributed by atoms with Crippen LogP contribution in [0.15, 0.2) is 18.5 Å². The smallest absolute Gasteiger partial charge is 0.173 e. The van der Waals surface area contributed by atoms with Crippen LogP contribution in [-0.2, 0) is 0 Å². The first-order valence-electron chi connectivity index (χ1n) is 5.07. The van der Waals surface area contributed by atoms with Gasteiger partial charge in [-0.3, -0.25) is 5.41 Å². The topological polar surface area (TPSA) is 67.2 Å². The summed E-state index contributed by atoms with van der Waals surface area (Å²) < 4.78 is 14.9. The van der Waals surface area contributed by atoms with Crippen LogP contribution in [0, 0.1) is 18.2 Å². The minimum Gasteiger partial charge on any atom is -0.384 e. The number of nitrogens with zero attached hydrogens (tertiary/aromatic N) is 2. The summed E-state index contributed by atoms with van der Waals surface area (Å²) in [7, 11) is 0. The molecule has 0 aliphatic heterocycles. The van der Waals surface area contributed by atoms with Gasteiger partial charge in [0.25, 0.3) is 0 Å². The quantitative estimate of drug-likeness (QED) is 0.573. The van der Waals surface area contributed by atoms with Gasteiger partial charge in [0.15, 0.2) is 11.5 Å². The molecule has 0 radical (unpaired) electrons. The number of fused-ring (bicyclic) bond motifs is 1. The van der Waals surface area contributed by atoms with E-state index in [1.54, 1.807) is 19.3 Å². The highest BCUT2D eigenvalue weighted by molar-refractivity contribution is 5.94. The van der Waals surface area contributed by atoms with Gasteiger partial charge in [-0.05, 0) is 13.0 Å². The van der Waals surface area contributed by atoms with Crippen LogP contribution in [-0.4, -0.2) is 15.2 Å². The van der Waals surface area contributed by atoms with E-state index < -0.39 is 5.82 Å². The largest absolute Gasteiger partial charge is 0.384 e. The van der Waals surface area contributed by atoms with E-state index in [1.807, 2.05) is 13.8 Å². The van der Waals surface area contributed by atoms with Gasteiger partial charge in [-0.2, -0.15) is 0 Å². The SMILES string of the molecule is CC.Cc1cn2cc(C(=N)N)cc(F)c2n1. The van der Waals surface area contributed by atoms with E-state index in [0.717, 1.165) is 5.69 Å². The number of imidazole rings is 1. The van der Waals surface area contributed by atoms with Crippen molar-refractivity contribution in [3.05, 3.63) is 35.5 Å². The number of amidine groups is 1. The number of nitrogens with two attached hydrogens (primary N) is 1. The Labute approximate surface area is 93.4 Å². The molecule has 4 nitrogen and oxygen atoms in total. The molecular weight excluding hydrogens is 207 g/mol. The lowest BCUT2D eigenvalue weighted by atomic mass is 10.2. The first-order chi connectivity index (χ1) is 7.58. The van der Waals surface area contributed by atoms with Crippen LogP contribution in [0.25, 0.3) is 5.65 Å². The maximum Gasteiger partial charge on any atom is 0.173 e. The molecule has 2 rings (SSSR count). The van der Waals surface area contributed by atoms with Gasteiger partial charge in [-0.1, -0.05) is 13.8 Å². The fourth-order valence-corrected chi connectivity index (χ4v) is 1.33. The molecule has 0 fully saturated rings. The number of hydrogen-bond acceptors (Lipinski definition) is 2. The Morgan fingerprint density at radius 2 is 2.06 bits per heavy atom. The highest BCUT2D eigenvalue weighted by Gasteiger charge is 2.07. The van der Waals surface area contributed by atoms with E-state index in [9.17, 15) is 4.39 Å². The third kappa shape index (κ3) is 2.18. The summed E-state index contributed by atoms with van der Waals surface area (Å²) in [6, 6.07) is 1.21. The van der Waals surface area contributed by atoms with Crippen LogP contribution >= 0.6 is 0 Å². The van der Waals surface area contributed by atoms with Crippen LogP contribution in [0.4, 0.5) is 4.39 Å². The predicted molar refractivity (Wildman–Crippen MR) is 62.3 cm³/mol. The van der Waals surface area contributed by atoms with Gasteiger partial charge in [0.05, 0.1) is 5.69 Å². The van der Waals surface area contributed by atoms with Gasteiger partial charge in [0.2, 0.25) is 0 Å². The monoisotopic (exact) mass is 222 g/mol. The van der Waals surface area contributed by atoms with E-state index in [0.29, 0.717) is 5.56 Å². The molecule has 0 spiro atoms. The average Bonchev–Trinajstić information content (AvgIpc) is 2.62. The van der Waals surface area contributed by atoms with Crippen molar-refractivity contribution >= 4 is 11.5 Å². The van der Waals surface area contributed by atoms with Crippen LogP contribution in [0.3, 0.4) is 0 Å². The minimum atomic E-state index is -0.467. The third-order valence-corrected chi connectivity index (χ3v) is 1.94. The number of hydrogen-bond donors (Lipinski definition) is 2. The van der Waals surface area contributed by atoms with E-state index in [2.05, 4.69) is 4.98 Å². The molecule has 0 unspecified atom stereocenters. The maximum absolute atomic E-state index is 13.4.